The molecule has 0 rings (SSSR count). The molecular formula is C85H146NO8+. The molecule has 0 aromatic carbocycles. The number of carbonyl (C=O) groups excluding carboxylic acids is 2. The third kappa shape index (κ3) is 74.8. The zero-order valence-electron chi connectivity index (χ0n) is 61.6. The highest BCUT2D eigenvalue weighted by Gasteiger charge is 2.25. The van der Waals surface area contributed by atoms with E-state index in [1.807, 2.05) is 21.1 Å². The van der Waals surface area contributed by atoms with Crippen molar-refractivity contribution >= 4 is 17.9 Å². The molecule has 2 atom stereocenters. The van der Waals surface area contributed by atoms with Crippen LogP contribution in [0.3, 0.4) is 0 Å². The second kappa shape index (κ2) is 74.2. The summed E-state index contributed by atoms with van der Waals surface area (Å²) in [5.41, 5.74) is 0. The molecule has 0 aromatic rings. The van der Waals surface area contributed by atoms with E-state index >= 15 is 0 Å². The maximum atomic E-state index is 13.0. The Morgan fingerprint density at radius 1 is 0.330 bits per heavy atom. The van der Waals surface area contributed by atoms with E-state index in [4.69, 9.17) is 18.9 Å². The van der Waals surface area contributed by atoms with Crippen molar-refractivity contribution in [3.05, 3.63) is 134 Å². The van der Waals surface area contributed by atoms with E-state index < -0.39 is 24.3 Å². The van der Waals surface area contributed by atoms with Crippen molar-refractivity contribution in [2.45, 2.75) is 341 Å². The quantitative estimate of drug-likeness (QED) is 0.0211. The zero-order chi connectivity index (χ0) is 68.2. The van der Waals surface area contributed by atoms with Crippen LogP contribution in [0.5, 0.6) is 0 Å². The van der Waals surface area contributed by atoms with Crippen LogP contribution in [-0.4, -0.2) is 87.4 Å². The predicted molar refractivity (Wildman–Crippen MR) is 405 cm³/mol. The maximum absolute atomic E-state index is 13.0. The molecule has 0 amide bonds. The number of quaternary nitrogens is 1. The Balaban J connectivity index is 4.13. The number of hydrogen-bond acceptors (Lipinski definition) is 7. The first-order valence-electron chi connectivity index (χ1n) is 38.8. The van der Waals surface area contributed by atoms with E-state index in [-0.39, 0.29) is 32.2 Å². The van der Waals surface area contributed by atoms with Crippen molar-refractivity contribution in [3.63, 3.8) is 0 Å². The van der Waals surface area contributed by atoms with E-state index in [9.17, 15) is 19.5 Å². The van der Waals surface area contributed by atoms with Gasteiger partial charge in [0.1, 0.15) is 13.2 Å². The molecule has 0 fully saturated rings. The summed E-state index contributed by atoms with van der Waals surface area (Å²) in [6.07, 6.45) is 104. The lowest BCUT2D eigenvalue weighted by Crippen LogP contribution is -2.40. The normalized spacial score (nSPS) is 13.4. The van der Waals surface area contributed by atoms with Gasteiger partial charge in [0.15, 0.2) is 6.10 Å². The topological polar surface area (TPSA) is 108 Å². The second-order valence-electron chi connectivity index (χ2n) is 26.9. The van der Waals surface area contributed by atoms with Gasteiger partial charge in [0.25, 0.3) is 6.29 Å². The summed E-state index contributed by atoms with van der Waals surface area (Å²) in [6.45, 7) is 4.78. The van der Waals surface area contributed by atoms with Gasteiger partial charge in [0, 0.05) is 12.8 Å². The molecule has 2 unspecified atom stereocenters. The summed E-state index contributed by atoms with van der Waals surface area (Å²) >= 11 is 0. The number of unbranched alkanes of at least 4 members (excludes halogenated alkanes) is 34. The van der Waals surface area contributed by atoms with Crippen LogP contribution >= 0.6 is 0 Å². The van der Waals surface area contributed by atoms with Gasteiger partial charge in [0.2, 0.25) is 0 Å². The number of aliphatic carboxylic acids is 1. The Morgan fingerprint density at radius 2 is 0.606 bits per heavy atom. The number of rotatable bonds is 71. The number of allylic oxidation sites excluding steroid dienone is 22. The average Bonchev–Trinajstić information content (AvgIpc) is 3.42. The highest BCUT2D eigenvalue weighted by molar-refractivity contribution is 5.71. The van der Waals surface area contributed by atoms with Gasteiger partial charge in [-0.05, 0) is 96.3 Å². The van der Waals surface area contributed by atoms with Crippen molar-refractivity contribution < 1.29 is 42.9 Å². The smallest absolute Gasteiger partial charge is 0.361 e. The molecule has 0 spiro atoms. The van der Waals surface area contributed by atoms with Gasteiger partial charge in [-0.1, -0.05) is 353 Å². The van der Waals surface area contributed by atoms with Crippen molar-refractivity contribution in [1.29, 1.82) is 0 Å². The molecule has 0 aliphatic carbocycles. The summed E-state index contributed by atoms with van der Waals surface area (Å²) in [6, 6.07) is 0. The van der Waals surface area contributed by atoms with E-state index in [1.54, 1.807) is 0 Å². The zero-order valence-corrected chi connectivity index (χ0v) is 61.6. The van der Waals surface area contributed by atoms with Crippen LogP contribution in [-0.2, 0) is 33.3 Å². The van der Waals surface area contributed by atoms with E-state index in [1.165, 1.54) is 180 Å². The van der Waals surface area contributed by atoms with Crippen molar-refractivity contribution in [1.82, 2.24) is 0 Å². The van der Waals surface area contributed by atoms with Crippen molar-refractivity contribution in [2.75, 3.05) is 47.5 Å². The Kier molecular flexibility index (Phi) is 70.6. The number of likely N-dealkylation sites (N-methyl/N-ethyl adjacent to an activating group) is 1. The molecule has 0 bridgehead atoms. The highest BCUT2D eigenvalue weighted by atomic mass is 16.7. The van der Waals surface area contributed by atoms with Crippen molar-refractivity contribution in [2.24, 2.45) is 0 Å². The molecule has 538 valence electrons. The van der Waals surface area contributed by atoms with Crippen LogP contribution in [0.2, 0.25) is 0 Å². The minimum absolute atomic E-state index is 0.181. The molecule has 94 heavy (non-hydrogen) atoms. The number of ether oxygens (including phenoxy) is 4. The Morgan fingerprint density at radius 3 is 0.904 bits per heavy atom. The molecular weight excluding hydrogens is 1160 g/mol. The lowest BCUT2D eigenvalue weighted by Gasteiger charge is -2.25. The van der Waals surface area contributed by atoms with Gasteiger partial charge >= 0.3 is 17.9 Å². The van der Waals surface area contributed by atoms with Gasteiger partial charge in [0.05, 0.1) is 34.4 Å². The van der Waals surface area contributed by atoms with Crippen LogP contribution in [0.1, 0.15) is 328 Å². The summed E-state index contributed by atoms with van der Waals surface area (Å²) in [5, 5.41) is 9.77. The van der Waals surface area contributed by atoms with Crippen LogP contribution < -0.4 is 0 Å². The van der Waals surface area contributed by atoms with Gasteiger partial charge in [-0.15, -0.1) is 0 Å². The van der Waals surface area contributed by atoms with Crippen molar-refractivity contribution in [3.8, 4) is 0 Å². The SMILES string of the molecule is CC/C=C\C/C=C\C/C=C\C/C=C\C/C=C\C/C=C\C/C=C\C/C=C\C/C=C\C/C=C\C/C=C\CCCCCCCCCC(=O)OC(COC(=O)CCCCCCCCCCCCCCCCCCCCCCCCCCCCCC)COC(OCC[N+](C)(C)C)C(=O)O. The highest BCUT2D eigenvalue weighted by Crippen LogP contribution is 2.18. The molecule has 1 N–H and O–H groups in total. The van der Waals surface area contributed by atoms with Crippen LogP contribution in [0.25, 0.3) is 0 Å². The van der Waals surface area contributed by atoms with Crippen LogP contribution in [0.15, 0.2) is 134 Å². The van der Waals surface area contributed by atoms with E-state index in [2.05, 4.69) is 148 Å². The summed E-state index contributed by atoms with van der Waals surface area (Å²) in [7, 11) is 5.98. The largest absolute Gasteiger partial charge is 0.477 e. The monoisotopic (exact) mass is 1310 g/mol. The molecule has 0 radical (unpaired) electrons. The minimum Gasteiger partial charge on any atom is -0.477 e. The van der Waals surface area contributed by atoms with Crippen LogP contribution in [0, 0.1) is 0 Å². The number of nitrogens with zero attached hydrogens (tertiary/aromatic N) is 1. The number of carbonyl (C=O) groups is 3. The third-order valence-electron chi connectivity index (χ3n) is 16.7. The van der Waals surface area contributed by atoms with Gasteiger partial charge < -0.3 is 28.5 Å². The first-order chi connectivity index (χ1) is 46.1. The Hall–Kier alpha value is -4.57. The van der Waals surface area contributed by atoms with E-state index in [0.717, 1.165) is 116 Å². The molecule has 0 aromatic heterocycles. The Labute approximate surface area is 580 Å². The maximum Gasteiger partial charge on any atom is 0.361 e. The lowest BCUT2D eigenvalue weighted by atomic mass is 10.0. The van der Waals surface area contributed by atoms with Gasteiger partial charge in [-0.2, -0.15) is 0 Å². The predicted octanol–water partition coefficient (Wildman–Crippen LogP) is 24.9. The summed E-state index contributed by atoms with van der Waals surface area (Å²) < 4.78 is 23.0. The third-order valence-corrected chi connectivity index (χ3v) is 16.7. The first-order valence-corrected chi connectivity index (χ1v) is 38.8. The summed E-state index contributed by atoms with van der Waals surface area (Å²) in [5.74, 6) is -2.01. The molecule has 0 aliphatic rings. The standard InChI is InChI=1S/C85H145NO8/c1-6-8-10-12-14-16-18-20-22-24-26-28-30-32-34-36-37-38-39-40-41-42-43-44-45-46-47-48-50-52-54-56-58-60-62-64-66-68-70-72-74-76-83(88)94-81(80-93-85(84(89)90)91-78-77-86(3,4)5)79-92-82(87)75-73-71-69-67-65-63-61-59-57-55-53-51-49-35-33-31-29-27-25-23-21-19-17-15-13-11-9-7-2/h8,10,14,16,20,22,26,28,32,34,37-38,40-41,43-44,46-47,50,52,56,58,81,85H,6-7,9,11-13,15,17-19,21,23-25,27,29-31,33,35-36,39,42,45,48-49,51,53-55,57,59-80H2,1-5H3/p+1/b10-8-,16-14-,22-20-,28-26-,34-32-,38-37-,41-40-,44-43-,47-46-,52-50-,58-56-. The molecule has 0 saturated heterocycles. The fraction of sp³-hybridized carbons (Fsp3) is 0.706. The second-order valence-corrected chi connectivity index (χ2v) is 26.9. The number of esters is 2. The molecule has 0 heterocycles. The van der Waals surface area contributed by atoms with Gasteiger partial charge in [-0.3, -0.25) is 9.59 Å². The molecule has 0 aliphatic heterocycles. The number of hydrogen-bond donors (Lipinski definition) is 1. The average molecular weight is 1310 g/mol. The van der Waals surface area contributed by atoms with Crippen LogP contribution in [0.4, 0.5) is 0 Å². The molecule has 9 nitrogen and oxygen atoms in total. The Bertz CT molecular complexity index is 2010. The molecule has 9 heteroatoms. The first kappa shape index (κ1) is 89.4. The fourth-order valence-corrected chi connectivity index (χ4v) is 10.8. The number of carboxylic acids is 1. The minimum atomic E-state index is -1.52. The lowest BCUT2D eigenvalue weighted by molar-refractivity contribution is -0.870. The van der Waals surface area contributed by atoms with E-state index in [0.29, 0.717) is 23.9 Å². The molecule has 0 saturated carbocycles. The summed E-state index contributed by atoms with van der Waals surface area (Å²) in [4.78, 5) is 37.7. The fourth-order valence-electron chi connectivity index (χ4n) is 10.8. The van der Waals surface area contributed by atoms with Gasteiger partial charge in [-0.25, -0.2) is 4.79 Å². The number of carboxylic acid groups (broad SMARTS) is 1.